The number of rotatable bonds is 8. The van der Waals surface area contributed by atoms with Crippen molar-refractivity contribution in [1.29, 1.82) is 0 Å². The number of hydrazine groups is 1. The van der Waals surface area contributed by atoms with Crippen molar-refractivity contribution in [3.63, 3.8) is 0 Å². The number of carbonyl (C=O) groups is 2. The Labute approximate surface area is 219 Å². The van der Waals surface area contributed by atoms with Crippen LogP contribution in [0.5, 0.6) is 11.5 Å². The van der Waals surface area contributed by atoms with E-state index >= 15 is 0 Å². The van der Waals surface area contributed by atoms with Crippen LogP contribution in [-0.4, -0.2) is 87.3 Å². The van der Waals surface area contributed by atoms with Gasteiger partial charge in [0.05, 0.1) is 20.0 Å². The van der Waals surface area contributed by atoms with Gasteiger partial charge in [0.2, 0.25) is 5.96 Å². The Bertz CT molecular complexity index is 1240. The van der Waals surface area contributed by atoms with Crippen LogP contribution >= 0.6 is 11.3 Å². The number of thiazole rings is 1. The van der Waals surface area contributed by atoms with Crippen molar-refractivity contribution in [3.05, 3.63) is 34.3 Å². The molecule has 0 radical (unpaired) electrons. The van der Waals surface area contributed by atoms with Gasteiger partial charge in [0.1, 0.15) is 17.2 Å². The highest BCUT2D eigenvalue weighted by atomic mass is 32.2. The molecule has 0 spiro atoms. The molecule has 1 aliphatic rings. The fraction of sp³-hybridized carbons (Fsp3) is 0.455. The van der Waals surface area contributed by atoms with Crippen molar-refractivity contribution in [2.24, 2.45) is 4.40 Å². The lowest BCUT2D eigenvalue weighted by Crippen LogP contribution is -2.53. The predicted molar refractivity (Wildman–Crippen MR) is 141 cm³/mol. The van der Waals surface area contributed by atoms with Crippen LogP contribution in [0.15, 0.2) is 28.0 Å². The number of nitrogens with zero attached hydrogens (tertiary/aromatic N) is 4. The third kappa shape index (κ3) is 7.22. The number of hydrogen-bond acceptors (Lipinski definition) is 8. The molecule has 2 aromatic rings. The topological polar surface area (TPSA) is 155 Å². The second-order valence-corrected chi connectivity index (χ2v) is 10.9. The Balaban J connectivity index is 1.85. The predicted octanol–water partition coefficient (Wildman–Crippen LogP) is 1.65. The number of hydrogen-bond donors (Lipinski definition) is 3. The zero-order valence-electron chi connectivity index (χ0n) is 21.3. The van der Waals surface area contributed by atoms with Gasteiger partial charge in [-0.15, -0.1) is 15.7 Å². The van der Waals surface area contributed by atoms with Gasteiger partial charge in [0.15, 0.2) is 5.01 Å². The first-order valence-electron chi connectivity index (χ1n) is 11.4. The molecule has 0 saturated carbocycles. The second-order valence-electron chi connectivity index (χ2n) is 8.30. The fourth-order valence-electron chi connectivity index (χ4n) is 3.55. The van der Waals surface area contributed by atoms with Gasteiger partial charge >= 0.3 is 6.03 Å². The van der Waals surface area contributed by atoms with Gasteiger partial charge in [0, 0.05) is 37.3 Å². The summed E-state index contributed by atoms with van der Waals surface area (Å²) in [7, 11) is 0.458. The number of amides is 3. The molecule has 13 nitrogen and oxygen atoms in total. The first-order chi connectivity index (χ1) is 17.5. The van der Waals surface area contributed by atoms with E-state index in [2.05, 4.69) is 25.6 Å². The average Bonchev–Trinajstić information content (AvgIpc) is 3.30. The minimum Gasteiger partial charge on any atom is -0.494 e. The third-order valence-electron chi connectivity index (χ3n) is 5.59. The van der Waals surface area contributed by atoms with E-state index in [1.807, 2.05) is 6.92 Å². The van der Waals surface area contributed by atoms with Gasteiger partial charge in [-0.25, -0.2) is 18.2 Å². The summed E-state index contributed by atoms with van der Waals surface area (Å²) in [5, 5.41) is 4.74. The number of nitrogens with one attached hydrogen (secondary N) is 3. The summed E-state index contributed by atoms with van der Waals surface area (Å²) < 4.78 is 40.5. The maximum absolute atomic E-state index is 13.0. The summed E-state index contributed by atoms with van der Waals surface area (Å²) in [6.45, 7) is 4.20. The van der Waals surface area contributed by atoms with Crippen LogP contribution in [0.3, 0.4) is 0 Å². The van der Waals surface area contributed by atoms with Crippen molar-refractivity contribution in [3.8, 4) is 11.5 Å². The first kappa shape index (κ1) is 28.0. The van der Waals surface area contributed by atoms with Gasteiger partial charge in [-0.1, -0.05) is 6.07 Å². The van der Waals surface area contributed by atoms with E-state index < -0.39 is 21.7 Å². The van der Waals surface area contributed by atoms with E-state index in [0.29, 0.717) is 23.7 Å². The standard InChI is InChI=1S/C22H31N7O6S2/c1-14-13-36-20(23-14)19(30)25-26-21(24-18-16(34-4)7-6-8-17(18)35-5)27-37(32,33)12-11-29-15(2)9-10-28(3)22(29)31/h6-8,13,15H,9-12H2,1-5H3,(H,25,30)(H2,24,26,27)/t15-/m0/s1. The van der Waals surface area contributed by atoms with E-state index in [-0.39, 0.29) is 35.3 Å². The lowest BCUT2D eigenvalue weighted by Gasteiger charge is -2.38. The number of ether oxygens (including phenoxy) is 2. The molecule has 1 aromatic carbocycles. The molecule has 3 N–H and O–H groups in total. The van der Waals surface area contributed by atoms with Gasteiger partial charge in [-0.3, -0.25) is 15.6 Å². The molecule has 202 valence electrons. The van der Waals surface area contributed by atoms with Gasteiger partial charge in [-0.05, 0) is 32.4 Å². The number of aromatic nitrogens is 1. The molecular formula is C22H31N7O6S2. The quantitative estimate of drug-likeness (QED) is 0.251. The largest absolute Gasteiger partial charge is 0.494 e. The Kier molecular flexibility index (Phi) is 9.15. The number of carbonyl (C=O) groups excluding carboxylic acids is 2. The molecule has 3 rings (SSSR count). The van der Waals surface area contributed by atoms with Crippen LogP contribution in [0.25, 0.3) is 0 Å². The average molecular weight is 554 g/mol. The van der Waals surface area contributed by atoms with Crippen molar-refractivity contribution in [2.45, 2.75) is 26.3 Å². The van der Waals surface area contributed by atoms with Crippen LogP contribution in [-0.2, 0) is 10.0 Å². The molecule has 1 saturated heterocycles. The molecule has 0 aliphatic carbocycles. The van der Waals surface area contributed by atoms with E-state index in [9.17, 15) is 18.0 Å². The van der Waals surface area contributed by atoms with Crippen molar-refractivity contribution < 1.29 is 27.5 Å². The Morgan fingerprint density at radius 1 is 1.24 bits per heavy atom. The van der Waals surface area contributed by atoms with E-state index in [1.54, 1.807) is 42.5 Å². The normalized spacial score (nSPS) is 16.4. The van der Waals surface area contributed by atoms with Crippen LogP contribution < -0.4 is 25.6 Å². The highest BCUT2D eigenvalue weighted by Gasteiger charge is 2.29. The molecular weight excluding hydrogens is 522 g/mol. The maximum Gasteiger partial charge on any atom is 0.320 e. The summed E-state index contributed by atoms with van der Waals surface area (Å²) in [5.74, 6) is -0.605. The molecule has 0 unspecified atom stereocenters. The molecule has 15 heteroatoms. The molecule has 0 bridgehead atoms. The van der Waals surface area contributed by atoms with Crippen LogP contribution in [0, 0.1) is 6.92 Å². The van der Waals surface area contributed by atoms with Crippen molar-refractivity contribution in [1.82, 2.24) is 25.6 Å². The number of urea groups is 1. The summed E-state index contributed by atoms with van der Waals surface area (Å²) >= 11 is 1.14. The minimum atomic E-state index is -4.11. The number of benzene rings is 1. The van der Waals surface area contributed by atoms with E-state index in [0.717, 1.165) is 17.8 Å². The lowest BCUT2D eigenvalue weighted by molar-refractivity contribution is 0.0943. The number of para-hydroxylation sites is 1. The minimum absolute atomic E-state index is 0.0355. The summed E-state index contributed by atoms with van der Waals surface area (Å²) in [6.07, 6.45) is 0.732. The monoisotopic (exact) mass is 553 g/mol. The van der Waals surface area contributed by atoms with Gasteiger partial charge < -0.3 is 24.6 Å². The molecule has 1 atom stereocenters. The fourth-order valence-corrected chi connectivity index (χ4v) is 5.13. The highest BCUT2D eigenvalue weighted by Crippen LogP contribution is 2.34. The van der Waals surface area contributed by atoms with E-state index in [4.69, 9.17) is 9.47 Å². The molecule has 37 heavy (non-hydrogen) atoms. The Morgan fingerprint density at radius 2 is 1.92 bits per heavy atom. The molecule has 1 aromatic heterocycles. The maximum atomic E-state index is 13.0. The van der Waals surface area contributed by atoms with Crippen LogP contribution in [0.1, 0.15) is 28.8 Å². The SMILES string of the molecule is COc1cccc(OC)c1N/C(=N/S(=O)(=O)CCN1C(=O)N(C)CC[C@@H]1C)NNC(=O)c1nc(C)cs1. The molecule has 2 heterocycles. The third-order valence-corrected chi connectivity index (χ3v) is 7.70. The van der Waals surface area contributed by atoms with Crippen LogP contribution in [0.2, 0.25) is 0 Å². The van der Waals surface area contributed by atoms with Crippen molar-refractivity contribution in [2.75, 3.05) is 45.4 Å². The Morgan fingerprint density at radius 3 is 2.51 bits per heavy atom. The molecule has 1 fully saturated rings. The number of aryl methyl sites for hydroxylation is 1. The summed E-state index contributed by atoms with van der Waals surface area (Å²) in [5.41, 5.74) is 5.89. The smallest absolute Gasteiger partial charge is 0.320 e. The second kappa shape index (κ2) is 12.1. The first-order valence-corrected chi connectivity index (χ1v) is 13.8. The van der Waals surface area contributed by atoms with Crippen molar-refractivity contribution >= 4 is 44.9 Å². The van der Waals surface area contributed by atoms with Gasteiger partial charge in [-0.2, -0.15) is 0 Å². The lowest BCUT2D eigenvalue weighted by atomic mass is 10.1. The van der Waals surface area contributed by atoms with Gasteiger partial charge in [0.25, 0.3) is 15.9 Å². The van der Waals surface area contributed by atoms with Crippen LogP contribution in [0.4, 0.5) is 10.5 Å². The number of sulfonamides is 1. The summed E-state index contributed by atoms with van der Waals surface area (Å²) in [4.78, 5) is 32.2. The molecule has 1 aliphatic heterocycles. The number of methoxy groups -OCH3 is 2. The Hall–Kier alpha value is -3.59. The number of guanidine groups is 1. The number of anilines is 1. The van der Waals surface area contributed by atoms with E-state index in [1.165, 1.54) is 19.1 Å². The molecule has 3 amide bonds. The zero-order valence-corrected chi connectivity index (χ0v) is 22.9. The zero-order chi connectivity index (χ0) is 27.2. The highest BCUT2D eigenvalue weighted by molar-refractivity contribution is 7.90. The summed E-state index contributed by atoms with van der Waals surface area (Å²) in [6, 6.07) is 4.66.